The topological polar surface area (TPSA) is 85.9 Å². The van der Waals surface area contributed by atoms with Crippen molar-refractivity contribution in [2.45, 2.75) is 57.7 Å². The Bertz CT molecular complexity index is 986. The van der Waals surface area contributed by atoms with Gasteiger partial charge in [0.25, 0.3) is 5.91 Å². The summed E-state index contributed by atoms with van der Waals surface area (Å²) in [5, 5.41) is 9.67. The normalized spacial score (nSPS) is 20.1. The van der Waals surface area contributed by atoms with Crippen LogP contribution in [0.1, 0.15) is 45.6 Å². The number of carbonyl (C=O) groups is 1. The number of carbonyl (C=O) groups excluding carboxylic acids is 1. The van der Waals surface area contributed by atoms with Gasteiger partial charge in [-0.15, -0.1) is 0 Å². The highest BCUT2D eigenvalue weighted by atomic mass is 32.1. The van der Waals surface area contributed by atoms with E-state index in [-0.39, 0.29) is 24.3 Å². The van der Waals surface area contributed by atoms with Gasteiger partial charge in [0, 0.05) is 18.0 Å². The number of hydrogen-bond donors (Lipinski definition) is 2. The Balaban J connectivity index is 2.06. The van der Waals surface area contributed by atoms with E-state index in [0.717, 1.165) is 22.8 Å². The Labute approximate surface area is 189 Å². The molecule has 166 valence electrons. The van der Waals surface area contributed by atoms with Crippen LogP contribution < -0.4 is 11.1 Å². The summed E-state index contributed by atoms with van der Waals surface area (Å²) in [6.45, 7) is 6.09. The van der Waals surface area contributed by atoms with Gasteiger partial charge in [0.05, 0.1) is 18.9 Å². The second kappa shape index (κ2) is 9.75. The molecule has 3 N–H and O–H groups in total. The average Bonchev–Trinajstić information content (AvgIpc) is 3.23. The maximum atomic E-state index is 13.8. The number of nitrogens with two attached hydrogens (primary N) is 1. The molecule has 0 aromatic heterocycles. The van der Waals surface area contributed by atoms with E-state index < -0.39 is 11.6 Å². The lowest BCUT2D eigenvalue weighted by Gasteiger charge is -2.30. The largest absolute Gasteiger partial charge is 0.488 e. The van der Waals surface area contributed by atoms with E-state index in [9.17, 15) is 4.79 Å². The maximum Gasteiger partial charge on any atom is 0.272 e. The first-order valence-corrected chi connectivity index (χ1v) is 11.1. The van der Waals surface area contributed by atoms with Gasteiger partial charge in [-0.2, -0.15) is 0 Å². The van der Waals surface area contributed by atoms with Crippen molar-refractivity contribution < 1.29 is 14.4 Å². The fourth-order valence-electron chi connectivity index (χ4n) is 3.94. The van der Waals surface area contributed by atoms with E-state index in [2.05, 4.69) is 10.5 Å². The smallest absolute Gasteiger partial charge is 0.272 e. The van der Waals surface area contributed by atoms with Crippen molar-refractivity contribution >= 4 is 39.7 Å². The molecule has 2 aromatic carbocycles. The first kappa shape index (κ1) is 23.2. The van der Waals surface area contributed by atoms with Crippen molar-refractivity contribution in [3.05, 3.63) is 48.0 Å². The van der Waals surface area contributed by atoms with Gasteiger partial charge >= 0.3 is 0 Å². The van der Waals surface area contributed by atoms with Crippen molar-refractivity contribution in [3.8, 4) is 0 Å². The third-order valence-electron chi connectivity index (χ3n) is 5.81. The highest BCUT2D eigenvalue weighted by molar-refractivity contribution is 7.80. The van der Waals surface area contributed by atoms with Crippen LogP contribution in [0.5, 0.6) is 0 Å². The molecule has 0 saturated carbocycles. The summed E-state index contributed by atoms with van der Waals surface area (Å²) < 4.78 is 5.26. The van der Waals surface area contributed by atoms with Gasteiger partial charge in [0.2, 0.25) is 5.60 Å². The molecule has 1 aliphatic heterocycles. The molecule has 7 heteroatoms. The number of oxime groups is 1. The number of nitrogens with one attached hydrogen (secondary N) is 1. The minimum atomic E-state index is -1.32. The molecule has 0 fully saturated rings. The summed E-state index contributed by atoms with van der Waals surface area (Å²) in [7, 11) is 1.52. The van der Waals surface area contributed by atoms with Gasteiger partial charge in [0.1, 0.15) is 0 Å². The second-order valence-corrected chi connectivity index (χ2v) is 8.71. The van der Waals surface area contributed by atoms with Crippen molar-refractivity contribution in [1.29, 1.82) is 0 Å². The molecule has 0 radical (unpaired) electrons. The maximum absolute atomic E-state index is 13.8. The number of methoxy groups -OCH3 is 1. The first-order valence-electron chi connectivity index (χ1n) is 10.7. The second-order valence-electron chi connectivity index (χ2n) is 8.31. The van der Waals surface area contributed by atoms with E-state index in [0.29, 0.717) is 17.2 Å². The minimum absolute atomic E-state index is 0.169. The van der Waals surface area contributed by atoms with Crippen LogP contribution in [-0.2, 0) is 20.0 Å². The SMILES string of the molecule is CCC[C@H](NC(=O)C1(c2cccc3ccccc23)CC([C@@H](N)C(C)C)=NO1)C(=S)OC. The van der Waals surface area contributed by atoms with Crippen molar-refractivity contribution in [1.82, 2.24) is 5.32 Å². The Morgan fingerprint density at radius 1 is 1.29 bits per heavy atom. The number of thiocarbonyl (C=S) groups is 1. The van der Waals surface area contributed by atoms with Crippen LogP contribution in [0.4, 0.5) is 0 Å². The van der Waals surface area contributed by atoms with Gasteiger partial charge < -0.3 is 20.6 Å². The number of amides is 1. The molecule has 3 rings (SSSR count). The summed E-state index contributed by atoms with van der Waals surface area (Å²) in [5.74, 6) is -0.126. The zero-order valence-corrected chi connectivity index (χ0v) is 19.4. The Morgan fingerprint density at radius 3 is 2.68 bits per heavy atom. The Kier molecular flexibility index (Phi) is 7.28. The van der Waals surface area contributed by atoms with Crippen LogP contribution in [0, 0.1) is 5.92 Å². The lowest BCUT2D eigenvalue weighted by molar-refractivity contribution is -0.145. The number of nitrogens with zero attached hydrogens (tertiary/aromatic N) is 1. The molecular weight excluding hydrogens is 410 g/mol. The minimum Gasteiger partial charge on any atom is -0.488 e. The molecular formula is C24H31N3O3S. The number of hydrogen-bond acceptors (Lipinski definition) is 6. The first-order chi connectivity index (χ1) is 14.8. The molecule has 1 heterocycles. The van der Waals surface area contributed by atoms with Crippen LogP contribution in [-0.4, -0.2) is 35.9 Å². The summed E-state index contributed by atoms with van der Waals surface area (Å²) in [4.78, 5) is 19.8. The highest BCUT2D eigenvalue weighted by Crippen LogP contribution is 2.40. The zero-order valence-electron chi connectivity index (χ0n) is 18.6. The fourth-order valence-corrected chi connectivity index (χ4v) is 4.12. The fraction of sp³-hybridized carbons (Fsp3) is 0.458. The number of fused-ring (bicyclic) bond motifs is 1. The predicted molar refractivity (Wildman–Crippen MR) is 128 cm³/mol. The summed E-state index contributed by atoms with van der Waals surface area (Å²) in [6, 6.07) is 13.1. The molecule has 0 spiro atoms. The third kappa shape index (κ3) is 4.57. The van der Waals surface area contributed by atoms with Gasteiger partial charge in [-0.3, -0.25) is 4.79 Å². The summed E-state index contributed by atoms with van der Waals surface area (Å²) in [6.07, 6.45) is 1.80. The standard InChI is InChI=1S/C24H31N3O3S/c1-5-9-19(22(31)29-4)26-23(28)24(14-20(27-30-24)21(25)15(2)3)18-13-8-11-16-10-6-7-12-17(16)18/h6-8,10-13,15,19,21H,5,9,14,25H2,1-4H3,(H,26,28)/t19-,21-,24?/m0/s1. The van der Waals surface area contributed by atoms with Crippen LogP contribution in [0.25, 0.3) is 10.8 Å². The molecule has 0 saturated heterocycles. The zero-order chi connectivity index (χ0) is 22.6. The van der Waals surface area contributed by atoms with Crippen LogP contribution in [0.2, 0.25) is 0 Å². The molecule has 3 atom stereocenters. The molecule has 6 nitrogen and oxygen atoms in total. The van der Waals surface area contributed by atoms with Crippen molar-refractivity contribution in [3.63, 3.8) is 0 Å². The summed E-state index contributed by atoms with van der Waals surface area (Å²) in [5.41, 5.74) is 6.49. The average molecular weight is 442 g/mol. The number of benzene rings is 2. The lowest BCUT2D eigenvalue weighted by Crippen LogP contribution is -2.51. The van der Waals surface area contributed by atoms with E-state index in [1.807, 2.05) is 63.2 Å². The van der Waals surface area contributed by atoms with Crippen molar-refractivity contribution in [2.75, 3.05) is 7.11 Å². The molecule has 2 aromatic rings. The highest BCUT2D eigenvalue weighted by Gasteiger charge is 2.50. The molecule has 0 aliphatic carbocycles. The van der Waals surface area contributed by atoms with Crippen LogP contribution >= 0.6 is 12.2 Å². The lowest BCUT2D eigenvalue weighted by atomic mass is 9.82. The summed E-state index contributed by atoms with van der Waals surface area (Å²) >= 11 is 5.34. The van der Waals surface area contributed by atoms with E-state index >= 15 is 0 Å². The Hall–Kier alpha value is -2.51. The van der Waals surface area contributed by atoms with Crippen molar-refractivity contribution in [2.24, 2.45) is 16.8 Å². The monoisotopic (exact) mass is 441 g/mol. The molecule has 1 aliphatic rings. The van der Waals surface area contributed by atoms with E-state index in [1.54, 1.807) is 0 Å². The van der Waals surface area contributed by atoms with E-state index in [1.165, 1.54) is 7.11 Å². The van der Waals surface area contributed by atoms with E-state index in [4.69, 9.17) is 27.5 Å². The van der Waals surface area contributed by atoms with Crippen LogP contribution in [0.15, 0.2) is 47.6 Å². The van der Waals surface area contributed by atoms with Crippen LogP contribution in [0.3, 0.4) is 0 Å². The van der Waals surface area contributed by atoms with Gasteiger partial charge in [-0.1, -0.05) is 74.8 Å². The molecule has 31 heavy (non-hydrogen) atoms. The predicted octanol–water partition coefficient (Wildman–Crippen LogP) is 4.05. The quantitative estimate of drug-likeness (QED) is 0.604. The van der Waals surface area contributed by atoms with Gasteiger partial charge in [-0.25, -0.2) is 0 Å². The van der Waals surface area contributed by atoms with Gasteiger partial charge in [-0.05, 0) is 35.3 Å². The third-order valence-corrected chi connectivity index (χ3v) is 6.26. The molecule has 1 amide bonds. The number of rotatable bonds is 8. The molecule has 0 bridgehead atoms. The number of ether oxygens (including phenoxy) is 1. The Morgan fingerprint density at radius 2 is 2.00 bits per heavy atom. The molecule has 1 unspecified atom stereocenters. The van der Waals surface area contributed by atoms with Gasteiger partial charge in [0.15, 0.2) is 5.05 Å².